The summed E-state index contributed by atoms with van der Waals surface area (Å²) in [6.45, 7) is 7.40. The molecule has 0 unspecified atom stereocenters. The summed E-state index contributed by atoms with van der Waals surface area (Å²) in [5, 5.41) is 3.55. The molecule has 1 heteroatoms. The summed E-state index contributed by atoms with van der Waals surface area (Å²) >= 11 is 0. The van der Waals surface area contributed by atoms with Crippen LogP contribution in [0, 0.1) is 0 Å². The molecule has 0 aliphatic heterocycles. The van der Waals surface area contributed by atoms with Crippen LogP contribution < -0.4 is 10.4 Å². The van der Waals surface area contributed by atoms with Crippen molar-refractivity contribution in [2.75, 3.05) is 0 Å². The second-order valence-electron chi connectivity index (χ2n) is 10.2. The minimum absolute atomic E-state index is 0.258. The molecule has 0 heterocycles. The van der Waals surface area contributed by atoms with Crippen molar-refractivity contribution in [3.8, 4) is 22.3 Å². The van der Waals surface area contributed by atoms with Crippen LogP contribution in [-0.4, -0.2) is 8.80 Å². The minimum atomic E-state index is -1.49. The van der Waals surface area contributed by atoms with E-state index in [1.165, 1.54) is 33.4 Å². The topological polar surface area (TPSA) is 0 Å². The lowest BCUT2D eigenvalue weighted by Gasteiger charge is -2.33. The SMILES string of the molecule is CC(C)(C)[SiH](c1cccc2c1Cc1ccccc1-2)c1cccc2c1Cc1ccccc1-2. The van der Waals surface area contributed by atoms with Crippen molar-refractivity contribution >= 4 is 19.2 Å². The summed E-state index contributed by atoms with van der Waals surface area (Å²) < 4.78 is 0. The fraction of sp³-hybridized carbons (Fsp3) is 0.200. The van der Waals surface area contributed by atoms with E-state index in [4.69, 9.17) is 0 Å². The van der Waals surface area contributed by atoms with Crippen LogP contribution in [0.4, 0.5) is 0 Å². The molecule has 0 radical (unpaired) electrons. The van der Waals surface area contributed by atoms with Gasteiger partial charge in [-0.15, -0.1) is 0 Å². The Morgan fingerprint density at radius 3 is 1.39 bits per heavy atom. The number of benzene rings is 4. The Hall–Kier alpha value is -2.90. The summed E-state index contributed by atoms with van der Waals surface area (Å²) in [7, 11) is -1.49. The van der Waals surface area contributed by atoms with Gasteiger partial charge in [0.25, 0.3) is 0 Å². The molecule has 2 aliphatic rings. The smallest absolute Gasteiger partial charge is 0.0626 e. The first-order chi connectivity index (χ1) is 15.0. The molecule has 31 heavy (non-hydrogen) atoms. The Morgan fingerprint density at radius 2 is 0.935 bits per heavy atom. The predicted octanol–water partition coefficient (Wildman–Crippen LogP) is 5.97. The lowest BCUT2D eigenvalue weighted by molar-refractivity contribution is 0.749. The van der Waals surface area contributed by atoms with Gasteiger partial charge in [0.15, 0.2) is 0 Å². The molecule has 0 amide bonds. The van der Waals surface area contributed by atoms with E-state index in [9.17, 15) is 0 Å². The van der Waals surface area contributed by atoms with E-state index in [-0.39, 0.29) is 5.04 Å². The maximum absolute atomic E-state index is 2.47. The number of hydrogen-bond donors (Lipinski definition) is 0. The second kappa shape index (κ2) is 6.80. The van der Waals surface area contributed by atoms with E-state index in [2.05, 4.69) is 106 Å². The molecular weight excluding hydrogens is 388 g/mol. The average Bonchev–Trinajstić information content (AvgIpc) is 3.33. The van der Waals surface area contributed by atoms with Gasteiger partial charge in [-0.2, -0.15) is 0 Å². The van der Waals surface area contributed by atoms with Crippen LogP contribution in [0.3, 0.4) is 0 Å². The van der Waals surface area contributed by atoms with Crippen LogP contribution in [0.2, 0.25) is 5.04 Å². The summed E-state index contributed by atoms with van der Waals surface area (Å²) in [6.07, 6.45) is 2.16. The van der Waals surface area contributed by atoms with Gasteiger partial charge in [-0.3, -0.25) is 0 Å². The molecule has 4 aromatic rings. The Morgan fingerprint density at radius 1 is 0.516 bits per heavy atom. The van der Waals surface area contributed by atoms with Crippen molar-refractivity contribution in [3.63, 3.8) is 0 Å². The Bertz CT molecular complexity index is 1230. The number of fused-ring (bicyclic) bond motifs is 6. The fourth-order valence-corrected chi connectivity index (χ4v) is 10.0. The van der Waals surface area contributed by atoms with Gasteiger partial charge in [0.05, 0.1) is 0 Å². The largest absolute Gasteiger partial charge is 0.109 e. The summed E-state index contributed by atoms with van der Waals surface area (Å²) in [5.74, 6) is 0. The van der Waals surface area contributed by atoms with Gasteiger partial charge in [-0.1, -0.05) is 116 Å². The molecule has 0 nitrogen and oxygen atoms in total. The number of rotatable bonds is 2. The van der Waals surface area contributed by atoms with Gasteiger partial charge in [0.2, 0.25) is 0 Å². The van der Waals surface area contributed by atoms with Crippen molar-refractivity contribution in [1.82, 2.24) is 0 Å². The highest BCUT2D eigenvalue weighted by atomic mass is 28.3. The highest BCUT2D eigenvalue weighted by Gasteiger charge is 2.36. The molecule has 6 rings (SSSR count). The maximum Gasteiger partial charge on any atom is 0.109 e. The Kier molecular flexibility index (Phi) is 4.13. The molecule has 0 spiro atoms. The van der Waals surface area contributed by atoms with Gasteiger partial charge in [-0.25, -0.2) is 0 Å². The van der Waals surface area contributed by atoms with E-state index in [0.717, 1.165) is 12.8 Å². The van der Waals surface area contributed by atoms with Crippen LogP contribution >= 0.6 is 0 Å². The van der Waals surface area contributed by atoms with Crippen molar-refractivity contribution in [1.29, 1.82) is 0 Å². The second-order valence-corrected chi connectivity index (χ2v) is 14.1. The summed E-state index contributed by atoms with van der Waals surface area (Å²) in [6, 6.07) is 32.1. The van der Waals surface area contributed by atoms with Crippen LogP contribution in [-0.2, 0) is 12.8 Å². The van der Waals surface area contributed by atoms with Crippen molar-refractivity contribution in [2.24, 2.45) is 0 Å². The van der Waals surface area contributed by atoms with E-state index < -0.39 is 8.80 Å². The first-order valence-electron chi connectivity index (χ1n) is 11.4. The zero-order chi connectivity index (χ0) is 21.2. The molecule has 0 aromatic heterocycles. The van der Waals surface area contributed by atoms with Gasteiger partial charge in [0, 0.05) is 0 Å². The fourth-order valence-electron chi connectivity index (χ4n) is 6.01. The lowest BCUT2D eigenvalue weighted by atomic mass is 10.1. The maximum atomic E-state index is 2.47. The summed E-state index contributed by atoms with van der Waals surface area (Å²) in [5.41, 5.74) is 11.9. The quantitative estimate of drug-likeness (QED) is 0.305. The molecule has 0 bridgehead atoms. The molecule has 0 saturated carbocycles. The van der Waals surface area contributed by atoms with Gasteiger partial charge in [-0.05, 0) is 62.4 Å². The predicted molar refractivity (Wildman–Crippen MR) is 135 cm³/mol. The van der Waals surface area contributed by atoms with E-state index >= 15 is 0 Å². The third-order valence-corrected chi connectivity index (χ3v) is 11.3. The van der Waals surface area contributed by atoms with Crippen LogP contribution in [0.1, 0.15) is 43.0 Å². The van der Waals surface area contributed by atoms with E-state index in [1.807, 2.05) is 0 Å². The molecule has 0 saturated heterocycles. The third-order valence-electron chi connectivity index (χ3n) is 7.26. The highest BCUT2D eigenvalue weighted by molar-refractivity contribution is 6.88. The average molecular weight is 417 g/mol. The molecule has 0 fully saturated rings. The highest BCUT2D eigenvalue weighted by Crippen LogP contribution is 2.40. The third kappa shape index (κ3) is 2.87. The Balaban J connectivity index is 1.56. The standard InChI is InChI=1S/C30H28Si/c1-30(2,3)31(28-16-8-14-24-22-12-6-4-10-20(22)18-26(24)28)29-17-9-15-25-23-13-7-5-11-21(23)19-27(25)29/h4-17,31H,18-19H2,1-3H3. The van der Waals surface area contributed by atoms with Crippen LogP contribution in [0.5, 0.6) is 0 Å². The van der Waals surface area contributed by atoms with Crippen molar-refractivity contribution in [3.05, 3.63) is 107 Å². The van der Waals surface area contributed by atoms with E-state index in [1.54, 1.807) is 21.5 Å². The zero-order valence-corrected chi connectivity index (χ0v) is 19.7. The minimum Gasteiger partial charge on any atom is -0.0626 e. The van der Waals surface area contributed by atoms with Gasteiger partial charge < -0.3 is 0 Å². The molecule has 0 atom stereocenters. The van der Waals surface area contributed by atoms with Gasteiger partial charge in [0.1, 0.15) is 8.80 Å². The van der Waals surface area contributed by atoms with Crippen LogP contribution in [0.15, 0.2) is 84.9 Å². The normalized spacial score (nSPS) is 13.7. The lowest BCUT2D eigenvalue weighted by Crippen LogP contribution is -2.51. The van der Waals surface area contributed by atoms with Crippen molar-refractivity contribution in [2.45, 2.75) is 38.7 Å². The molecule has 4 aromatic carbocycles. The molecular formula is C30H28Si. The molecule has 0 N–H and O–H groups in total. The van der Waals surface area contributed by atoms with Gasteiger partial charge >= 0.3 is 0 Å². The monoisotopic (exact) mass is 416 g/mol. The first-order valence-corrected chi connectivity index (χ1v) is 13.2. The van der Waals surface area contributed by atoms with Crippen molar-refractivity contribution < 1.29 is 0 Å². The Labute approximate surface area is 187 Å². The summed E-state index contributed by atoms with van der Waals surface area (Å²) in [4.78, 5) is 0. The van der Waals surface area contributed by atoms with Crippen LogP contribution in [0.25, 0.3) is 22.3 Å². The molecule has 2 aliphatic carbocycles. The molecule has 152 valence electrons. The zero-order valence-electron chi connectivity index (χ0n) is 18.6. The van der Waals surface area contributed by atoms with E-state index in [0.29, 0.717) is 0 Å². The first kappa shape index (κ1) is 18.8. The number of hydrogen-bond acceptors (Lipinski definition) is 0.